The summed E-state index contributed by atoms with van der Waals surface area (Å²) >= 11 is 1.58. The number of thiazole rings is 1. The molecule has 3 rings (SSSR count). The van der Waals surface area contributed by atoms with Crippen molar-refractivity contribution in [1.82, 2.24) is 4.98 Å². The van der Waals surface area contributed by atoms with E-state index in [0.29, 0.717) is 11.3 Å². The van der Waals surface area contributed by atoms with E-state index in [-0.39, 0.29) is 11.6 Å². The molecule has 26 heavy (non-hydrogen) atoms. The third-order valence-electron chi connectivity index (χ3n) is 3.58. The van der Waals surface area contributed by atoms with Crippen LogP contribution in [0.25, 0.3) is 17.3 Å². The van der Waals surface area contributed by atoms with Crippen molar-refractivity contribution in [2.75, 3.05) is 5.32 Å². The summed E-state index contributed by atoms with van der Waals surface area (Å²) in [5, 5.41) is 16.4. The number of hydrogen-bond acceptors (Lipinski definition) is 5. The lowest BCUT2D eigenvalue weighted by Gasteiger charge is -2.04. The van der Waals surface area contributed by atoms with E-state index >= 15 is 0 Å². The second kappa shape index (κ2) is 7.71. The fourth-order valence-corrected chi connectivity index (χ4v) is 2.94. The first kappa shape index (κ1) is 17.5. The summed E-state index contributed by atoms with van der Waals surface area (Å²) < 4.78 is 0. The van der Waals surface area contributed by atoms with Crippen molar-refractivity contribution < 1.29 is 9.72 Å². The monoisotopic (exact) mass is 365 g/mol. The number of benzene rings is 2. The highest BCUT2D eigenvalue weighted by Gasteiger charge is 2.05. The van der Waals surface area contributed by atoms with E-state index < -0.39 is 4.92 Å². The number of nitrogens with zero attached hydrogens (tertiary/aromatic N) is 2. The largest absolute Gasteiger partial charge is 0.322 e. The molecule has 0 aliphatic carbocycles. The number of nitro benzene ring substituents is 1. The van der Waals surface area contributed by atoms with E-state index in [0.717, 1.165) is 16.3 Å². The molecule has 1 aromatic heterocycles. The van der Waals surface area contributed by atoms with Crippen molar-refractivity contribution >= 4 is 34.7 Å². The Labute approximate surface area is 154 Å². The van der Waals surface area contributed by atoms with Crippen molar-refractivity contribution in [3.05, 3.63) is 80.7 Å². The summed E-state index contributed by atoms with van der Waals surface area (Å²) in [5.74, 6) is -0.282. The molecule has 7 heteroatoms. The van der Waals surface area contributed by atoms with Crippen LogP contribution in [0.2, 0.25) is 0 Å². The number of hydrogen-bond donors (Lipinski definition) is 1. The van der Waals surface area contributed by atoms with E-state index in [1.807, 2.05) is 30.5 Å². The van der Waals surface area contributed by atoms with Crippen LogP contribution in [-0.2, 0) is 4.79 Å². The maximum absolute atomic E-state index is 12.1. The Bertz CT molecular complexity index is 978. The first-order valence-electron chi connectivity index (χ1n) is 7.77. The van der Waals surface area contributed by atoms with Gasteiger partial charge in [-0.15, -0.1) is 11.3 Å². The van der Waals surface area contributed by atoms with Gasteiger partial charge in [-0.05, 0) is 42.8 Å². The molecule has 0 aliphatic rings. The normalized spacial score (nSPS) is 10.8. The van der Waals surface area contributed by atoms with Gasteiger partial charge < -0.3 is 5.32 Å². The Morgan fingerprint density at radius 2 is 2.00 bits per heavy atom. The maximum atomic E-state index is 12.1. The molecule has 1 heterocycles. The predicted molar refractivity (Wildman–Crippen MR) is 103 cm³/mol. The average molecular weight is 365 g/mol. The van der Waals surface area contributed by atoms with Gasteiger partial charge in [0.15, 0.2) is 0 Å². The van der Waals surface area contributed by atoms with Gasteiger partial charge in [0.25, 0.3) is 5.69 Å². The minimum atomic E-state index is -0.461. The Morgan fingerprint density at radius 3 is 2.65 bits per heavy atom. The van der Waals surface area contributed by atoms with E-state index in [1.54, 1.807) is 35.6 Å². The average Bonchev–Trinajstić information content (AvgIpc) is 3.07. The SMILES string of the molecule is Cc1nc(-c2cccc(NC(=O)/C=C/c3ccc([N+](=O)[O-])cc3)c2)cs1. The third-order valence-corrected chi connectivity index (χ3v) is 4.35. The molecule has 0 bridgehead atoms. The smallest absolute Gasteiger partial charge is 0.269 e. The number of amides is 1. The van der Waals surface area contributed by atoms with Gasteiger partial charge in [-0.25, -0.2) is 4.98 Å². The highest BCUT2D eigenvalue weighted by Crippen LogP contribution is 2.24. The number of nitrogens with one attached hydrogen (secondary N) is 1. The van der Waals surface area contributed by atoms with Crippen molar-refractivity contribution in [2.24, 2.45) is 0 Å². The van der Waals surface area contributed by atoms with Crippen LogP contribution < -0.4 is 5.32 Å². The van der Waals surface area contributed by atoms with E-state index in [1.165, 1.54) is 18.2 Å². The minimum absolute atomic E-state index is 0.0145. The van der Waals surface area contributed by atoms with E-state index in [9.17, 15) is 14.9 Å². The third kappa shape index (κ3) is 4.40. The van der Waals surface area contributed by atoms with Gasteiger partial charge in [-0.3, -0.25) is 14.9 Å². The maximum Gasteiger partial charge on any atom is 0.269 e. The molecule has 0 saturated carbocycles. The number of rotatable bonds is 5. The molecule has 0 unspecified atom stereocenters. The summed E-state index contributed by atoms with van der Waals surface area (Å²) in [4.78, 5) is 26.7. The van der Waals surface area contributed by atoms with Crippen LogP contribution in [0.5, 0.6) is 0 Å². The fraction of sp³-hybridized carbons (Fsp3) is 0.0526. The Balaban J connectivity index is 1.67. The summed E-state index contributed by atoms with van der Waals surface area (Å²) in [6.45, 7) is 1.95. The Hall–Kier alpha value is -3.32. The van der Waals surface area contributed by atoms with Crippen LogP contribution in [0, 0.1) is 17.0 Å². The number of non-ortho nitro benzene ring substituents is 1. The Morgan fingerprint density at radius 1 is 1.23 bits per heavy atom. The molecular formula is C19H15N3O3S. The van der Waals surface area contributed by atoms with Crippen LogP contribution in [-0.4, -0.2) is 15.8 Å². The number of carbonyl (C=O) groups excluding carboxylic acids is 1. The number of anilines is 1. The lowest BCUT2D eigenvalue weighted by molar-refractivity contribution is -0.384. The van der Waals surface area contributed by atoms with Crippen molar-refractivity contribution in [1.29, 1.82) is 0 Å². The molecule has 0 spiro atoms. The molecule has 2 aromatic carbocycles. The molecular weight excluding hydrogens is 350 g/mol. The van der Waals surface area contributed by atoms with Crippen LogP contribution in [0.4, 0.5) is 11.4 Å². The second-order valence-electron chi connectivity index (χ2n) is 5.50. The number of nitro groups is 1. The molecule has 0 atom stereocenters. The first-order chi connectivity index (χ1) is 12.5. The van der Waals surface area contributed by atoms with Gasteiger partial charge >= 0.3 is 0 Å². The molecule has 1 amide bonds. The lowest BCUT2D eigenvalue weighted by atomic mass is 10.1. The molecule has 1 N–H and O–H groups in total. The van der Waals surface area contributed by atoms with Gasteiger partial charge in [0.1, 0.15) is 0 Å². The molecule has 6 nitrogen and oxygen atoms in total. The fourth-order valence-electron chi connectivity index (χ4n) is 2.32. The van der Waals surface area contributed by atoms with Crippen molar-refractivity contribution in [2.45, 2.75) is 6.92 Å². The Kier molecular flexibility index (Phi) is 5.19. The van der Waals surface area contributed by atoms with E-state index in [2.05, 4.69) is 10.3 Å². The minimum Gasteiger partial charge on any atom is -0.322 e. The van der Waals surface area contributed by atoms with Gasteiger partial charge in [0, 0.05) is 34.8 Å². The quantitative estimate of drug-likeness (QED) is 0.404. The number of aromatic nitrogens is 1. The number of carbonyl (C=O) groups is 1. The van der Waals surface area contributed by atoms with Crippen LogP contribution in [0.3, 0.4) is 0 Å². The number of aryl methyl sites for hydroxylation is 1. The summed E-state index contributed by atoms with van der Waals surface area (Å²) in [5.41, 5.74) is 3.21. The van der Waals surface area contributed by atoms with Crippen molar-refractivity contribution in [3.8, 4) is 11.3 Å². The van der Waals surface area contributed by atoms with Gasteiger partial charge in [-0.2, -0.15) is 0 Å². The molecule has 0 fully saturated rings. The summed E-state index contributed by atoms with van der Waals surface area (Å²) in [6.07, 6.45) is 2.99. The van der Waals surface area contributed by atoms with Crippen LogP contribution in [0.1, 0.15) is 10.6 Å². The van der Waals surface area contributed by atoms with E-state index in [4.69, 9.17) is 0 Å². The lowest BCUT2D eigenvalue weighted by Crippen LogP contribution is -2.07. The molecule has 130 valence electrons. The van der Waals surface area contributed by atoms with Gasteiger partial charge in [-0.1, -0.05) is 12.1 Å². The van der Waals surface area contributed by atoms with Gasteiger partial charge in [0.05, 0.1) is 15.6 Å². The topological polar surface area (TPSA) is 85.1 Å². The molecule has 0 saturated heterocycles. The summed E-state index contributed by atoms with van der Waals surface area (Å²) in [7, 11) is 0. The van der Waals surface area contributed by atoms with Crippen molar-refractivity contribution in [3.63, 3.8) is 0 Å². The molecule has 0 radical (unpaired) electrons. The zero-order chi connectivity index (χ0) is 18.5. The first-order valence-corrected chi connectivity index (χ1v) is 8.65. The zero-order valence-corrected chi connectivity index (χ0v) is 14.7. The van der Waals surface area contributed by atoms with Gasteiger partial charge in [0.2, 0.25) is 5.91 Å². The second-order valence-corrected chi connectivity index (χ2v) is 6.57. The summed E-state index contributed by atoms with van der Waals surface area (Å²) in [6, 6.07) is 13.5. The predicted octanol–water partition coefficient (Wildman–Crippen LogP) is 4.68. The van der Waals surface area contributed by atoms with Crippen LogP contribution >= 0.6 is 11.3 Å². The molecule has 0 aliphatic heterocycles. The highest BCUT2D eigenvalue weighted by atomic mass is 32.1. The highest BCUT2D eigenvalue weighted by molar-refractivity contribution is 7.09. The van der Waals surface area contributed by atoms with Crippen LogP contribution in [0.15, 0.2) is 60.0 Å². The molecule has 3 aromatic rings. The standard InChI is InChI=1S/C19H15N3O3S/c1-13-20-18(12-26-13)15-3-2-4-16(11-15)21-19(23)10-7-14-5-8-17(9-6-14)22(24)25/h2-12H,1H3,(H,21,23)/b10-7+. The zero-order valence-electron chi connectivity index (χ0n) is 13.9.